The average Bonchev–Trinajstić information content (AvgIpc) is 3.46. The fraction of sp³-hybridized carbons (Fsp3) is 0.0833. The van der Waals surface area contributed by atoms with Crippen LogP contribution in [0.25, 0.3) is 44.3 Å². The summed E-state index contributed by atoms with van der Waals surface area (Å²) in [6.45, 7) is 2.14. The van der Waals surface area contributed by atoms with Crippen molar-refractivity contribution in [1.29, 1.82) is 0 Å². The molecular formula is C24H16N2O5. The molecule has 0 aliphatic carbocycles. The molecule has 2 aromatic heterocycles. The van der Waals surface area contributed by atoms with Gasteiger partial charge in [0.25, 0.3) is 5.69 Å². The molecule has 152 valence electrons. The van der Waals surface area contributed by atoms with Crippen LogP contribution in [0.4, 0.5) is 5.69 Å². The molecule has 1 aliphatic heterocycles. The van der Waals surface area contributed by atoms with E-state index >= 15 is 0 Å². The van der Waals surface area contributed by atoms with E-state index < -0.39 is 4.92 Å². The van der Waals surface area contributed by atoms with E-state index in [2.05, 4.69) is 4.98 Å². The predicted octanol–water partition coefficient (Wildman–Crippen LogP) is 6.19. The molecule has 1 N–H and O–H groups in total. The predicted molar refractivity (Wildman–Crippen MR) is 116 cm³/mol. The smallest absolute Gasteiger partial charge is 0.271 e. The number of non-ortho nitro benzene ring substituents is 1. The lowest BCUT2D eigenvalue weighted by molar-refractivity contribution is -0.384. The first-order valence-corrected chi connectivity index (χ1v) is 9.79. The number of furan rings is 1. The van der Waals surface area contributed by atoms with Gasteiger partial charge in [-0.1, -0.05) is 30.3 Å². The van der Waals surface area contributed by atoms with Gasteiger partial charge in [0.2, 0.25) is 6.79 Å². The lowest BCUT2D eigenvalue weighted by Gasteiger charge is -2.05. The maximum absolute atomic E-state index is 11.2. The number of aromatic nitrogens is 1. The Bertz CT molecular complexity index is 1500. The van der Waals surface area contributed by atoms with Crippen LogP contribution in [0.1, 0.15) is 5.69 Å². The number of nitrogens with one attached hydrogen (secondary N) is 1. The Balaban J connectivity index is 1.70. The summed E-state index contributed by atoms with van der Waals surface area (Å²) in [5.74, 6) is 2.04. The van der Waals surface area contributed by atoms with E-state index in [1.54, 1.807) is 12.1 Å². The Morgan fingerprint density at radius 1 is 0.935 bits per heavy atom. The first-order chi connectivity index (χ1) is 15.1. The Morgan fingerprint density at radius 2 is 1.71 bits per heavy atom. The second kappa shape index (κ2) is 6.37. The lowest BCUT2D eigenvalue weighted by Crippen LogP contribution is -1.92. The summed E-state index contributed by atoms with van der Waals surface area (Å²) in [7, 11) is 0. The van der Waals surface area contributed by atoms with Crippen LogP contribution in [0.2, 0.25) is 0 Å². The molecule has 0 fully saturated rings. The second-order valence-electron chi connectivity index (χ2n) is 7.49. The number of hydrogen-bond acceptors (Lipinski definition) is 5. The fourth-order valence-electron chi connectivity index (χ4n) is 4.28. The van der Waals surface area contributed by atoms with Gasteiger partial charge in [0.1, 0.15) is 11.3 Å². The maximum Gasteiger partial charge on any atom is 0.271 e. The van der Waals surface area contributed by atoms with Crippen LogP contribution in [0.5, 0.6) is 11.5 Å². The van der Waals surface area contributed by atoms with E-state index in [1.807, 2.05) is 49.4 Å². The number of nitro groups is 1. The Hall–Kier alpha value is -4.26. The van der Waals surface area contributed by atoms with Gasteiger partial charge in [0, 0.05) is 51.4 Å². The molecule has 1 aliphatic rings. The number of rotatable bonds is 3. The molecule has 0 saturated carbocycles. The number of benzene rings is 3. The molecule has 0 amide bonds. The summed E-state index contributed by atoms with van der Waals surface area (Å²) in [5.41, 5.74) is 5.13. The topological polar surface area (TPSA) is 90.5 Å². The molecular weight excluding hydrogens is 396 g/mol. The maximum atomic E-state index is 11.2. The number of aryl methyl sites for hydroxylation is 1. The molecule has 0 atom stereocenters. The molecule has 3 heterocycles. The van der Waals surface area contributed by atoms with Gasteiger partial charge in [0.15, 0.2) is 11.5 Å². The highest BCUT2D eigenvalue weighted by atomic mass is 16.7. The van der Waals surface area contributed by atoms with Crippen molar-refractivity contribution in [1.82, 2.24) is 4.98 Å². The number of aromatic amines is 1. The molecule has 5 aromatic rings. The zero-order valence-electron chi connectivity index (χ0n) is 16.5. The molecule has 6 rings (SSSR count). The van der Waals surface area contributed by atoms with Gasteiger partial charge in [0.05, 0.1) is 10.4 Å². The summed E-state index contributed by atoms with van der Waals surface area (Å²) in [5, 5.41) is 13.0. The third kappa shape index (κ3) is 2.60. The van der Waals surface area contributed by atoms with Crippen molar-refractivity contribution in [3.05, 3.63) is 76.5 Å². The Morgan fingerprint density at radius 3 is 2.48 bits per heavy atom. The zero-order chi connectivity index (χ0) is 21.1. The summed E-state index contributed by atoms with van der Waals surface area (Å²) in [6, 6.07) is 18.5. The number of nitrogens with zero attached hydrogens (tertiary/aromatic N) is 1. The van der Waals surface area contributed by atoms with Gasteiger partial charge in [-0.05, 0) is 19.1 Å². The number of nitro benzene ring substituents is 1. The third-order valence-electron chi connectivity index (χ3n) is 5.65. The van der Waals surface area contributed by atoms with Crippen LogP contribution in [-0.2, 0) is 0 Å². The molecule has 7 nitrogen and oxygen atoms in total. The molecule has 0 radical (unpaired) electrons. The number of H-pyrrole nitrogens is 1. The van der Waals surface area contributed by atoms with Crippen molar-refractivity contribution in [2.24, 2.45) is 0 Å². The molecule has 0 spiro atoms. The Kier molecular flexibility index (Phi) is 3.61. The van der Waals surface area contributed by atoms with E-state index in [4.69, 9.17) is 13.9 Å². The number of ether oxygens (including phenoxy) is 2. The third-order valence-corrected chi connectivity index (χ3v) is 5.65. The van der Waals surface area contributed by atoms with Gasteiger partial charge in [-0.25, -0.2) is 0 Å². The van der Waals surface area contributed by atoms with Crippen LogP contribution >= 0.6 is 0 Å². The average molecular weight is 412 g/mol. The van der Waals surface area contributed by atoms with Crippen molar-refractivity contribution in [2.75, 3.05) is 6.79 Å². The van der Waals surface area contributed by atoms with Gasteiger partial charge in [-0.15, -0.1) is 0 Å². The van der Waals surface area contributed by atoms with Crippen molar-refractivity contribution in [3.8, 4) is 33.9 Å². The second-order valence-corrected chi connectivity index (χ2v) is 7.49. The van der Waals surface area contributed by atoms with Crippen LogP contribution in [-0.4, -0.2) is 16.7 Å². The van der Waals surface area contributed by atoms with E-state index in [0.717, 1.165) is 38.9 Å². The molecule has 0 bridgehead atoms. The minimum Gasteiger partial charge on any atom is -0.455 e. The quantitative estimate of drug-likeness (QED) is 0.282. The van der Waals surface area contributed by atoms with Crippen LogP contribution in [0.3, 0.4) is 0 Å². The first kappa shape index (κ1) is 17.6. The molecule has 31 heavy (non-hydrogen) atoms. The molecule has 3 aromatic carbocycles. The van der Waals surface area contributed by atoms with Gasteiger partial charge in [-0.3, -0.25) is 10.1 Å². The molecule has 7 heteroatoms. The Labute approximate surface area is 176 Å². The van der Waals surface area contributed by atoms with Gasteiger partial charge >= 0.3 is 0 Å². The van der Waals surface area contributed by atoms with Crippen LogP contribution < -0.4 is 9.47 Å². The van der Waals surface area contributed by atoms with Crippen molar-refractivity contribution in [2.45, 2.75) is 6.92 Å². The van der Waals surface area contributed by atoms with Crippen molar-refractivity contribution in [3.63, 3.8) is 0 Å². The summed E-state index contributed by atoms with van der Waals surface area (Å²) in [4.78, 5) is 14.2. The van der Waals surface area contributed by atoms with Gasteiger partial charge < -0.3 is 18.9 Å². The normalized spacial score (nSPS) is 12.7. The minimum atomic E-state index is -0.390. The largest absolute Gasteiger partial charge is 0.455 e. The van der Waals surface area contributed by atoms with Crippen molar-refractivity contribution < 1.29 is 18.8 Å². The van der Waals surface area contributed by atoms with Crippen LogP contribution in [0.15, 0.2) is 65.1 Å². The lowest BCUT2D eigenvalue weighted by atomic mass is 9.96. The van der Waals surface area contributed by atoms with Crippen molar-refractivity contribution >= 4 is 27.6 Å². The standard InChI is InChI=1S/C24H16N2O5/c1-13-22(16-8-7-15(26(27)28)9-18(16)25-13)23-17-10-20-21(30-12-29-20)11-19(17)31-24(23)14-5-3-2-4-6-14/h2-11,25H,12H2,1H3. The van der Waals surface area contributed by atoms with E-state index in [9.17, 15) is 10.1 Å². The fourth-order valence-corrected chi connectivity index (χ4v) is 4.28. The summed E-state index contributed by atoms with van der Waals surface area (Å²) < 4.78 is 17.5. The number of fused-ring (bicyclic) bond motifs is 3. The zero-order valence-corrected chi connectivity index (χ0v) is 16.5. The minimum absolute atomic E-state index is 0.0454. The molecule has 0 unspecified atom stereocenters. The SMILES string of the molecule is Cc1[nH]c2cc([N+](=O)[O-])ccc2c1-c1c(-c2ccccc2)oc2cc3c(cc12)OCO3. The van der Waals surface area contributed by atoms with Gasteiger partial charge in [-0.2, -0.15) is 0 Å². The highest BCUT2D eigenvalue weighted by molar-refractivity contribution is 6.11. The van der Waals surface area contributed by atoms with E-state index in [0.29, 0.717) is 22.6 Å². The molecule has 0 saturated heterocycles. The van der Waals surface area contributed by atoms with E-state index in [-0.39, 0.29) is 12.5 Å². The summed E-state index contributed by atoms with van der Waals surface area (Å²) in [6.07, 6.45) is 0. The number of hydrogen-bond donors (Lipinski definition) is 1. The van der Waals surface area contributed by atoms with Crippen LogP contribution in [0, 0.1) is 17.0 Å². The highest BCUT2D eigenvalue weighted by Crippen LogP contribution is 2.48. The highest BCUT2D eigenvalue weighted by Gasteiger charge is 2.26. The monoisotopic (exact) mass is 412 g/mol. The van der Waals surface area contributed by atoms with E-state index in [1.165, 1.54) is 6.07 Å². The summed E-state index contributed by atoms with van der Waals surface area (Å²) >= 11 is 0. The first-order valence-electron chi connectivity index (χ1n) is 9.79.